The van der Waals surface area contributed by atoms with E-state index in [1.54, 1.807) is 13.4 Å². The van der Waals surface area contributed by atoms with Crippen LogP contribution in [-0.2, 0) is 0 Å². The Morgan fingerprint density at radius 3 is 2.75 bits per heavy atom. The van der Waals surface area contributed by atoms with Gasteiger partial charge in [0.25, 0.3) is 0 Å². The van der Waals surface area contributed by atoms with E-state index >= 15 is 0 Å². The molecule has 9 heteroatoms. The number of aromatic amines is 1. The summed E-state index contributed by atoms with van der Waals surface area (Å²) in [5.41, 5.74) is 2.79. The molecule has 2 N–H and O–H groups in total. The molecule has 32 heavy (non-hydrogen) atoms. The van der Waals surface area contributed by atoms with Crippen molar-refractivity contribution in [1.82, 2.24) is 19.9 Å². The molecule has 2 aromatic heterocycles. The van der Waals surface area contributed by atoms with Gasteiger partial charge in [-0.25, -0.2) is 9.97 Å². The minimum absolute atomic E-state index is 0. The summed E-state index contributed by atoms with van der Waals surface area (Å²) in [6.07, 6.45) is 5.64. The number of hydrogen-bond donors (Lipinski definition) is 2. The first-order valence-corrected chi connectivity index (χ1v) is 11.1. The predicted octanol–water partition coefficient (Wildman–Crippen LogP) is 5.52. The van der Waals surface area contributed by atoms with Crippen molar-refractivity contribution in [2.45, 2.75) is 18.9 Å². The zero-order chi connectivity index (χ0) is 21.4. The third-order valence-electron chi connectivity index (χ3n) is 5.76. The summed E-state index contributed by atoms with van der Waals surface area (Å²) < 4.78 is 13.0. The number of anilines is 2. The maximum atomic E-state index is 6.48. The molecule has 4 aromatic rings. The fourth-order valence-corrected chi connectivity index (χ4v) is 4.46. The summed E-state index contributed by atoms with van der Waals surface area (Å²) in [6, 6.07) is 10.0. The Bertz CT molecular complexity index is 1240. The minimum Gasteiger partial charge on any atom is -0.497 e. The van der Waals surface area contributed by atoms with Gasteiger partial charge in [-0.1, -0.05) is 0 Å². The summed E-state index contributed by atoms with van der Waals surface area (Å²) in [7, 11) is 3.80. The van der Waals surface area contributed by atoms with Gasteiger partial charge < -0.3 is 24.7 Å². The van der Waals surface area contributed by atoms with Crippen molar-refractivity contribution in [3.05, 3.63) is 47.3 Å². The van der Waals surface area contributed by atoms with E-state index in [2.05, 4.69) is 54.2 Å². The fraction of sp³-hybridized carbons (Fsp3) is 0.304. The number of ether oxygens (including phenoxy) is 2. The molecule has 168 valence electrons. The Hall–Kier alpha value is -2.55. The zero-order valence-corrected chi connectivity index (χ0v) is 20.3. The molecule has 0 saturated carbocycles. The van der Waals surface area contributed by atoms with Crippen molar-refractivity contribution < 1.29 is 9.47 Å². The lowest BCUT2D eigenvalue weighted by Gasteiger charge is -2.29. The number of halogens is 2. The number of H-pyrrole nitrogens is 1. The van der Waals surface area contributed by atoms with E-state index in [-0.39, 0.29) is 18.5 Å². The fourth-order valence-electron chi connectivity index (χ4n) is 4.02. The van der Waals surface area contributed by atoms with Gasteiger partial charge in [0.05, 0.1) is 18.0 Å². The zero-order valence-electron chi connectivity index (χ0n) is 17.9. The van der Waals surface area contributed by atoms with Crippen molar-refractivity contribution in [1.29, 1.82) is 0 Å². The van der Waals surface area contributed by atoms with E-state index in [4.69, 9.17) is 9.47 Å². The molecule has 1 fully saturated rings. The molecular weight excluding hydrogens is 494 g/mol. The van der Waals surface area contributed by atoms with E-state index in [0.29, 0.717) is 5.82 Å². The van der Waals surface area contributed by atoms with Gasteiger partial charge in [0.1, 0.15) is 29.7 Å². The number of likely N-dealkylation sites (tertiary alicyclic amines) is 1. The van der Waals surface area contributed by atoms with Crippen LogP contribution in [0.3, 0.4) is 0 Å². The second-order valence-electron chi connectivity index (χ2n) is 7.88. The quantitative estimate of drug-likeness (QED) is 0.362. The number of benzene rings is 2. The summed E-state index contributed by atoms with van der Waals surface area (Å²) in [4.78, 5) is 14.6. The SMILES string of the molecule is COc1cc(OC2CCN(C)CC2)c2c(Nc3ccc4[nH]cc(Br)c4c3)ncnc2c1.Cl. The first-order chi connectivity index (χ1) is 15.1. The van der Waals surface area contributed by atoms with Crippen LogP contribution in [0.15, 0.2) is 47.3 Å². The van der Waals surface area contributed by atoms with Crippen LogP contribution in [0.5, 0.6) is 11.5 Å². The largest absolute Gasteiger partial charge is 0.497 e. The van der Waals surface area contributed by atoms with E-state index in [1.807, 2.05) is 30.5 Å². The van der Waals surface area contributed by atoms with E-state index < -0.39 is 0 Å². The summed E-state index contributed by atoms with van der Waals surface area (Å²) in [5, 5.41) is 5.42. The Kier molecular flexibility index (Phi) is 6.74. The van der Waals surface area contributed by atoms with E-state index in [0.717, 1.165) is 69.4 Å². The molecule has 7 nitrogen and oxygen atoms in total. The molecule has 1 saturated heterocycles. The first kappa shape index (κ1) is 22.6. The van der Waals surface area contributed by atoms with Gasteiger partial charge in [-0.15, -0.1) is 12.4 Å². The highest BCUT2D eigenvalue weighted by atomic mass is 79.9. The van der Waals surface area contributed by atoms with Crippen LogP contribution in [-0.4, -0.2) is 53.2 Å². The van der Waals surface area contributed by atoms with Gasteiger partial charge in [0, 0.05) is 52.5 Å². The molecule has 0 bridgehead atoms. The van der Waals surface area contributed by atoms with Gasteiger partial charge in [-0.05, 0) is 54.0 Å². The van der Waals surface area contributed by atoms with Gasteiger partial charge in [0.15, 0.2) is 0 Å². The molecule has 0 amide bonds. The van der Waals surface area contributed by atoms with Crippen LogP contribution < -0.4 is 14.8 Å². The maximum absolute atomic E-state index is 6.48. The lowest BCUT2D eigenvalue weighted by Crippen LogP contribution is -2.35. The first-order valence-electron chi connectivity index (χ1n) is 10.3. The number of aromatic nitrogens is 3. The molecule has 0 radical (unpaired) electrons. The summed E-state index contributed by atoms with van der Waals surface area (Å²) in [6.45, 7) is 2.06. The van der Waals surface area contributed by atoms with E-state index in [9.17, 15) is 0 Å². The molecule has 0 spiro atoms. The molecule has 0 atom stereocenters. The molecule has 1 aliphatic heterocycles. The van der Waals surface area contributed by atoms with Crippen LogP contribution >= 0.6 is 28.3 Å². The highest BCUT2D eigenvalue weighted by Gasteiger charge is 2.21. The molecule has 5 rings (SSSR count). The Balaban J connectivity index is 0.00000245. The molecular formula is C23H25BrClN5O2. The average molecular weight is 519 g/mol. The van der Waals surface area contributed by atoms with Crippen molar-refractivity contribution in [3.63, 3.8) is 0 Å². The van der Waals surface area contributed by atoms with Gasteiger partial charge in [-0.2, -0.15) is 0 Å². The van der Waals surface area contributed by atoms with Crippen LogP contribution in [0.25, 0.3) is 21.8 Å². The smallest absolute Gasteiger partial charge is 0.145 e. The van der Waals surface area contributed by atoms with Crippen LogP contribution in [0.4, 0.5) is 11.5 Å². The maximum Gasteiger partial charge on any atom is 0.145 e. The van der Waals surface area contributed by atoms with Crippen molar-refractivity contribution in [3.8, 4) is 11.5 Å². The van der Waals surface area contributed by atoms with Crippen molar-refractivity contribution >= 4 is 61.6 Å². The van der Waals surface area contributed by atoms with E-state index in [1.165, 1.54) is 0 Å². The standard InChI is InChI=1S/C23H24BrN5O2.ClH/c1-29-7-5-15(6-8-29)31-21-11-16(30-2)10-20-22(21)23(27-13-26-20)28-14-3-4-19-17(9-14)18(24)12-25-19;/h3-4,9-13,15,25H,5-8H2,1-2H3,(H,26,27,28);1H. The Morgan fingerprint density at radius 2 is 1.97 bits per heavy atom. The van der Waals surface area contributed by atoms with Crippen LogP contribution in [0.2, 0.25) is 0 Å². The lowest BCUT2D eigenvalue weighted by molar-refractivity contribution is 0.115. The number of fused-ring (bicyclic) bond motifs is 2. The van der Waals surface area contributed by atoms with Crippen molar-refractivity contribution in [2.75, 3.05) is 32.6 Å². The molecule has 3 heterocycles. The Labute approximate surface area is 201 Å². The Morgan fingerprint density at radius 1 is 1.16 bits per heavy atom. The van der Waals surface area contributed by atoms with Gasteiger partial charge in [0.2, 0.25) is 0 Å². The lowest BCUT2D eigenvalue weighted by atomic mass is 10.1. The van der Waals surface area contributed by atoms with Crippen LogP contribution in [0, 0.1) is 0 Å². The second-order valence-corrected chi connectivity index (χ2v) is 8.74. The number of piperidine rings is 1. The number of nitrogens with one attached hydrogen (secondary N) is 2. The predicted molar refractivity (Wildman–Crippen MR) is 134 cm³/mol. The topological polar surface area (TPSA) is 75.3 Å². The third-order valence-corrected chi connectivity index (χ3v) is 6.42. The second kappa shape index (κ2) is 9.52. The highest BCUT2D eigenvalue weighted by Crippen LogP contribution is 2.37. The van der Waals surface area contributed by atoms with Crippen molar-refractivity contribution in [2.24, 2.45) is 0 Å². The highest BCUT2D eigenvalue weighted by molar-refractivity contribution is 9.10. The molecule has 2 aromatic carbocycles. The third kappa shape index (κ3) is 4.48. The summed E-state index contributed by atoms with van der Waals surface area (Å²) >= 11 is 3.59. The number of hydrogen-bond acceptors (Lipinski definition) is 6. The van der Waals surface area contributed by atoms with Gasteiger partial charge in [-0.3, -0.25) is 0 Å². The molecule has 1 aliphatic rings. The average Bonchev–Trinajstić information content (AvgIpc) is 3.15. The van der Waals surface area contributed by atoms with Crippen LogP contribution in [0.1, 0.15) is 12.8 Å². The normalized spacial score (nSPS) is 15.0. The molecule has 0 aliphatic carbocycles. The summed E-state index contributed by atoms with van der Waals surface area (Å²) in [5.74, 6) is 2.18. The number of rotatable bonds is 5. The minimum atomic E-state index is 0. The van der Waals surface area contributed by atoms with Gasteiger partial charge >= 0.3 is 0 Å². The molecule has 0 unspecified atom stereocenters. The monoisotopic (exact) mass is 517 g/mol. The number of methoxy groups -OCH3 is 1. The number of nitrogens with zero attached hydrogens (tertiary/aromatic N) is 3.